The summed E-state index contributed by atoms with van der Waals surface area (Å²) in [6.45, 7) is 3.22. The number of nitrogens with one attached hydrogen (secondary N) is 1. The van der Waals surface area contributed by atoms with Crippen LogP contribution < -0.4 is 5.32 Å². The quantitative estimate of drug-likeness (QED) is 0.0174. The molecule has 0 aromatic rings. The van der Waals surface area contributed by atoms with Gasteiger partial charge in [-0.2, -0.15) is 8.42 Å². The van der Waals surface area contributed by atoms with Gasteiger partial charge in [-0.05, 0) is 44.9 Å². The normalized spacial score (nSPS) is 21.2. The summed E-state index contributed by atoms with van der Waals surface area (Å²) in [4.78, 5) is 13.1. The monoisotopic (exact) mass is 906 g/mol. The summed E-state index contributed by atoms with van der Waals surface area (Å²) in [6, 6.07) is -1.12. The Hall–Kier alpha value is -1.46. The van der Waals surface area contributed by atoms with Crippen LogP contribution in [0.3, 0.4) is 0 Å². The van der Waals surface area contributed by atoms with Crippen LogP contribution in [0.15, 0.2) is 24.3 Å². The zero-order valence-corrected chi connectivity index (χ0v) is 39.6. The van der Waals surface area contributed by atoms with Crippen molar-refractivity contribution in [2.45, 2.75) is 262 Å². The van der Waals surface area contributed by atoms with Crippen molar-refractivity contribution >= 4 is 16.3 Å². The lowest BCUT2D eigenvalue weighted by molar-refractivity contribution is -0.298. The van der Waals surface area contributed by atoms with Crippen LogP contribution in [0.1, 0.15) is 213 Å². The molecule has 0 aliphatic carbocycles. The number of allylic oxidation sites excluding steroid dienone is 3. The zero-order valence-electron chi connectivity index (χ0n) is 38.8. The van der Waals surface area contributed by atoms with Crippen LogP contribution in [0.25, 0.3) is 0 Å². The van der Waals surface area contributed by atoms with Gasteiger partial charge in [-0.25, -0.2) is 4.18 Å². The zero-order chi connectivity index (χ0) is 45.7. The third-order valence-electron chi connectivity index (χ3n) is 11.8. The predicted molar refractivity (Wildman–Crippen MR) is 247 cm³/mol. The Morgan fingerprint density at radius 2 is 1.06 bits per heavy atom. The Bertz CT molecular complexity index is 1220. The second-order valence-corrected chi connectivity index (χ2v) is 18.6. The minimum absolute atomic E-state index is 0.237. The highest BCUT2D eigenvalue weighted by atomic mass is 32.3. The van der Waals surface area contributed by atoms with Crippen molar-refractivity contribution < 1.29 is 57.0 Å². The van der Waals surface area contributed by atoms with Crippen molar-refractivity contribution in [3.8, 4) is 0 Å². The SMILES string of the molecule is CCCCCCCCCCCC/C=C\CCCCCCCCC(O)C(=O)NC(COC1OC(CO)C(O)C(OS(=O)(=O)O)C1O)C(O)/C=C/CCCCCCCCCCCCC. The van der Waals surface area contributed by atoms with Crippen molar-refractivity contribution in [1.29, 1.82) is 0 Å². The molecule has 1 aliphatic heterocycles. The molecule has 0 bridgehead atoms. The third-order valence-corrected chi connectivity index (χ3v) is 12.3. The van der Waals surface area contributed by atoms with Gasteiger partial charge in [0.25, 0.3) is 0 Å². The van der Waals surface area contributed by atoms with E-state index in [0.29, 0.717) is 12.8 Å². The van der Waals surface area contributed by atoms with E-state index in [1.807, 2.05) is 6.08 Å². The summed E-state index contributed by atoms with van der Waals surface area (Å²) >= 11 is 0. The third kappa shape index (κ3) is 30.6. The van der Waals surface area contributed by atoms with Crippen LogP contribution in [-0.2, 0) is 28.9 Å². The molecule has 0 aromatic carbocycles. The molecular formula is C48H91NO12S. The lowest BCUT2D eigenvalue weighted by Gasteiger charge is -2.41. The molecule has 13 nitrogen and oxygen atoms in total. The van der Waals surface area contributed by atoms with Gasteiger partial charge in [-0.15, -0.1) is 0 Å². The first-order chi connectivity index (χ1) is 29.9. The molecule has 1 amide bonds. The van der Waals surface area contributed by atoms with Gasteiger partial charge >= 0.3 is 10.4 Å². The number of carbonyl (C=O) groups excluding carboxylic acids is 1. The highest BCUT2D eigenvalue weighted by molar-refractivity contribution is 7.80. The van der Waals surface area contributed by atoms with E-state index in [0.717, 1.165) is 57.8 Å². The average molecular weight is 906 g/mol. The van der Waals surface area contributed by atoms with Gasteiger partial charge in [0.15, 0.2) is 6.29 Å². The van der Waals surface area contributed by atoms with Crippen LogP contribution >= 0.6 is 0 Å². The fourth-order valence-corrected chi connectivity index (χ4v) is 8.38. The standard InChI is InChI=1S/C48H91NO12S/c1-3-5-7-9-11-13-15-17-18-19-20-21-22-23-25-27-29-31-33-35-37-42(52)47(55)49-40(41(51)36-34-32-30-28-26-24-16-14-12-10-8-6-4-2)39-59-48-45(54)46(61-62(56,57)58)44(53)43(38-50)60-48/h21-22,34,36,40-46,48,50-54H,3-20,23-33,35,37-39H2,1-2H3,(H,49,55)(H,56,57,58)/b22-21-,36-34+. The molecule has 0 saturated carbocycles. The van der Waals surface area contributed by atoms with E-state index in [9.17, 15) is 43.3 Å². The summed E-state index contributed by atoms with van der Waals surface area (Å²) in [5.74, 6) is -0.706. The summed E-state index contributed by atoms with van der Waals surface area (Å²) in [7, 11) is -5.12. The van der Waals surface area contributed by atoms with Gasteiger partial charge < -0.3 is 40.3 Å². The molecule has 0 spiro atoms. The van der Waals surface area contributed by atoms with Crippen molar-refractivity contribution in [2.75, 3.05) is 13.2 Å². The maximum atomic E-state index is 13.1. The number of hydrogen-bond acceptors (Lipinski definition) is 11. The minimum atomic E-state index is -5.12. The fraction of sp³-hybridized carbons (Fsp3) is 0.896. The lowest BCUT2D eigenvalue weighted by atomic mass is 9.99. The Morgan fingerprint density at radius 1 is 0.645 bits per heavy atom. The second-order valence-electron chi connectivity index (χ2n) is 17.5. The van der Waals surface area contributed by atoms with Crippen LogP contribution in [0.2, 0.25) is 0 Å². The summed E-state index contributed by atoms with van der Waals surface area (Å²) in [6.07, 6.45) is 32.6. The Kier molecular flexibility index (Phi) is 36.6. The van der Waals surface area contributed by atoms with E-state index in [4.69, 9.17) is 9.47 Å². The summed E-state index contributed by atoms with van der Waals surface area (Å²) in [5.41, 5.74) is 0. The largest absolute Gasteiger partial charge is 0.397 e. The van der Waals surface area contributed by atoms with Gasteiger partial charge in [0.05, 0.1) is 25.4 Å². The first-order valence-corrected chi connectivity index (χ1v) is 26.2. The van der Waals surface area contributed by atoms with Crippen molar-refractivity contribution in [3.63, 3.8) is 0 Å². The minimum Gasteiger partial charge on any atom is -0.394 e. The van der Waals surface area contributed by atoms with Crippen molar-refractivity contribution in [3.05, 3.63) is 24.3 Å². The van der Waals surface area contributed by atoms with Crippen LogP contribution in [0, 0.1) is 0 Å². The Balaban J connectivity index is 2.51. The molecule has 1 fully saturated rings. The number of aliphatic hydroxyl groups is 5. The number of aliphatic hydroxyl groups excluding tert-OH is 5. The van der Waals surface area contributed by atoms with Gasteiger partial charge in [0.1, 0.15) is 30.5 Å². The first-order valence-electron chi connectivity index (χ1n) is 24.8. The number of rotatable bonds is 42. The fourth-order valence-electron chi connectivity index (χ4n) is 7.87. The maximum absolute atomic E-state index is 13.1. The highest BCUT2D eigenvalue weighted by Gasteiger charge is 2.48. The van der Waals surface area contributed by atoms with Crippen molar-refractivity contribution in [2.24, 2.45) is 0 Å². The molecule has 0 radical (unpaired) electrons. The number of ether oxygens (including phenoxy) is 2. The Morgan fingerprint density at radius 3 is 1.50 bits per heavy atom. The Labute approximate surface area is 376 Å². The maximum Gasteiger partial charge on any atom is 0.397 e. The van der Waals surface area contributed by atoms with E-state index in [-0.39, 0.29) is 6.42 Å². The molecule has 8 atom stereocenters. The molecule has 366 valence electrons. The average Bonchev–Trinajstić information content (AvgIpc) is 3.24. The van der Waals surface area contributed by atoms with Gasteiger partial charge in [0, 0.05) is 0 Å². The molecule has 62 heavy (non-hydrogen) atoms. The number of unbranched alkanes of at least 4 members (excludes halogenated alkanes) is 27. The van der Waals surface area contributed by atoms with E-state index in [1.165, 1.54) is 128 Å². The molecule has 1 rings (SSSR count). The summed E-state index contributed by atoms with van der Waals surface area (Å²) < 4.78 is 47.5. The smallest absolute Gasteiger partial charge is 0.394 e. The van der Waals surface area contributed by atoms with E-state index < -0.39 is 78.5 Å². The predicted octanol–water partition coefficient (Wildman–Crippen LogP) is 9.08. The van der Waals surface area contributed by atoms with E-state index in [1.54, 1.807) is 0 Å². The van der Waals surface area contributed by atoms with Crippen LogP contribution in [0.4, 0.5) is 0 Å². The van der Waals surface area contributed by atoms with E-state index in [2.05, 4.69) is 35.5 Å². The first kappa shape index (κ1) is 58.6. The van der Waals surface area contributed by atoms with E-state index >= 15 is 0 Å². The molecule has 1 aliphatic rings. The molecule has 8 unspecified atom stereocenters. The summed E-state index contributed by atoms with van der Waals surface area (Å²) in [5, 5.41) is 55.2. The lowest BCUT2D eigenvalue weighted by Crippen LogP contribution is -2.61. The van der Waals surface area contributed by atoms with Crippen molar-refractivity contribution in [1.82, 2.24) is 5.32 Å². The number of carbonyl (C=O) groups is 1. The number of amides is 1. The molecule has 1 heterocycles. The molecular weight excluding hydrogens is 815 g/mol. The molecule has 14 heteroatoms. The molecule has 1 saturated heterocycles. The second kappa shape index (κ2) is 38.8. The number of hydrogen-bond donors (Lipinski definition) is 7. The molecule has 0 aromatic heterocycles. The van der Waals surface area contributed by atoms with Crippen LogP contribution in [-0.4, -0.2) is 107 Å². The van der Waals surface area contributed by atoms with Gasteiger partial charge in [-0.3, -0.25) is 9.35 Å². The molecule has 7 N–H and O–H groups in total. The van der Waals surface area contributed by atoms with Gasteiger partial charge in [0.2, 0.25) is 5.91 Å². The highest BCUT2D eigenvalue weighted by Crippen LogP contribution is 2.26. The topological polar surface area (TPSA) is 212 Å². The van der Waals surface area contributed by atoms with Crippen LogP contribution in [0.5, 0.6) is 0 Å². The van der Waals surface area contributed by atoms with Gasteiger partial charge in [-0.1, -0.05) is 192 Å².